The van der Waals surface area contributed by atoms with Crippen LogP contribution in [0, 0.1) is 11.3 Å². The number of fused-ring (bicyclic) bond motifs is 2. The van der Waals surface area contributed by atoms with E-state index in [1.54, 1.807) is 11.0 Å². The Bertz CT molecular complexity index is 349. The Labute approximate surface area is 90.1 Å². The van der Waals surface area contributed by atoms with Gasteiger partial charge < -0.3 is 5.32 Å². The summed E-state index contributed by atoms with van der Waals surface area (Å²) in [6.07, 6.45) is 8.73. The van der Waals surface area contributed by atoms with Crippen LogP contribution in [0.15, 0.2) is 6.33 Å². The van der Waals surface area contributed by atoms with Gasteiger partial charge in [0.15, 0.2) is 0 Å². The molecule has 2 bridgehead atoms. The van der Waals surface area contributed by atoms with Gasteiger partial charge in [-0.2, -0.15) is 10.1 Å². The first-order valence-corrected chi connectivity index (χ1v) is 5.85. The van der Waals surface area contributed by atoms with Crippen LogP contribution in [0.2, 0.25) is 0 Å². The maximum atomic E-state index is 4.20. The standard InChI is InChI=1S/C11H18N4/c1-15-10(13-8-14-15)12-7-11-4-2-9(6-11)3-5-11/h8-9H,2-7H2,1H3,(H,12,13,14). The van der Waals surface area contributed by atoms with Gasteiger partial charge in [0.05, 0.1) is 0 Å². The van der Waals surface area contributed by atoms with E-state index in [2.05, 4.69) is 15.4 Å². The van der Waals surface area contributed by atoms with Gasteiger partial charge in [-0.3, -0.25) is 0 Å². The molecule has 4 nitrogen and oxygen atoms in total. The molecule has 2 saturated carbocycles. The van der Waals surface area contributed by atoms with E-state index in [1.807, 2.05) is 7.05 Å². The van der Waals surface area contributed by atoms with Crippen LogP contribution in [-0.2, 0) is 7.05 Å². The lowest BCUT2D eigenvalue weighted by Crippen LogP contribution is -2.26. The summed E-state index contributed by atoms with van der Waals surface area (Å²) in [4.78, 5) is 4.20. The van der Waals surface area contributed by atoms with E-state index >= 15 is 0 Å². The van der Waals surface area contributed by atoms with Crippen LogP contribution in [0.25, 0.3) is 0 Å². The van der Waals surface area contributed by atoms with Crippen LogP contribution in [0.1, 0.15) is 32.1 Å². The Morgan fingerprint density at radius 1 is 1.53 bits per heavy atom. The van der Waals surface area contributed by atoms with E-state index in [0.29, 0.717) is 5.41 Å². The van der Waals surface area contributed by atoms with Crippen molar-refractivity contribution in [2.45, 2.75) is 32.1 Å². The fourth-order valence-electron chi connectivity index (χ4n) is 3.28. The zero-order chi connectivity index (χ0) is 10.3. The number of hydrogen-bond donors (Lipinski definition) is 1. The number of aromatic nitrogens is 3. The third kappa shape index (κ3) is 1.52. The van der Waals surface area contributed by atoms with Gasteiger partial charge in [-0.1, -0.05) is 0 Å². The number of nitrogens with zero attached hydrogens (tertiary/aromatic N) is 3. The molecule has 1 aromatic heterocycles. The Balaban J connectivity index is 1.65. The molecule has 2 aliphatic rings. The molecule has 82 valence electrons. The molecule has 15 heavy (non-hydrogen) atoms. The molecule has 2 aliphatic carbocycles. The first-order valence-electron chi connectivity index (χ1n) is 5.85. The van der Waals surface area contributed by atoms with Gasteiger partial charge in [0.1, 0.15) is 6.33 Å². The highest BCUT2D eigenvalue weighted by Gasteiger charge is 2.44. The SMILES string of the molecule is Cn1ncnc1NCC12CCC(CC1)C2. The number of rotatable bonds is 3. The number of aryl methyl sites for hydroxylation is 1. The fourth-order valence-corrected chi connectivity index (χ4v) is 3.28. The summed E-state index contributed by atoms with van der Waals surface area (Å²) in [5, 5.41) is 7.51. The number of nitrogens with one attached hydrogen (secondary N) is 1. The van der Waals surface area contributed by atoms with E-state index in [1.165, 1.54) is 32.1 Å². The summed E-state index contributed by atoms with van der Waals surface area (Å²) in [7, 11) is 1.93. The molecular weight excluding hydrogens is 188 g/mol. The topological polar surface area (TPSA) is 42.7 Å². The summed E-state index contributed by atoms with van der Waals surface area (Å²) in [5.41, 5.74) is 0.580. The maximum absolute atomic E-state index is 4.20. The lowest BCUT2D eigenvalue weighted by molar-refractivity contribution is 0.315. The van der Waals surface area contributed by atoms with Gasteiger partial charge in [-0.25, -0.2) is 4.68 Å². The number of hydrogen-bond acceptors (Lipinski definition) is 3. The molecule has 0 aromatic carbocycles. The monoisotopic (exact) mass is 206 g/mol. The smallest absolute Gasteiger partial charge is 0.220 e. The maximum Gasteiger partial charge on any atom is 0.220 e. The summed E-state index contributed by atoms with van der Waals surface area (Å²) in [6, 6.07) is 0. The van der Waals surface area contributed by atoms with Crippen LogP contribution < -0.4 is 5.32 Å². The molecule has 2 fully saturated rings. The molecule has 4 heteroatoms. The van der Waals surface area contributed by atoms with Crippen LogP contribution in [0.3, 0.4) is 0 Å². The fraction of sp³-hybridized carbons (Fsp3) is 0.818. The van der Waals surface area contributed by atoms with E-state index < -0.39 is 0 Å². The highest BCUT2D eigenvalue weighted by atomic mass is 15.4. The summed E-state index contributed by atoms with van der Waals surface area (Å²) in [6.45, 7) is 1.08. The van der Waals surface area contributed by atoms with Gasteiger partial charge in [0, 0.05) is 13.6 Å². The zero-order valence-electron chi connectivity index (χ0n) is 9.24. The second-order valence-electron chi connectivity index (χ2n) is 5.21. The van der Waals surface area contributed by atoms with Crippen LogP contribution in [-0.4, -0.2) is 21.3 Å². The Morgan fingerprint density at radius 2 is 2.33 bits per heavy atom. The van der Waals surface area contributed by atoms with Gasteiger partial charge in [-0.15, -0.1) is 0 Å². The van der Waals surface area contributed by atoms with Gasteiger partial charge >= 0.3 is 0 Å². The van der Waals surface area contributed by atoms with Crippen LogP contribution in [0.4, 0.5) is 5.95 Å². The quantitative estimate of drug-likeness (QED) is 0.820. The molecule has 0 saturated heterocycles. The molecule has 1 heterocycles. The van der Waals surface area contributed by atoms with Crippen molar-refractivity contribution in [2.75, 3.05) is 11.9 Å². The molecule has 0 amide bonds. The molecule has 0 aliphatic heterocycles. The van der Waals surface area contributed by atoms with Gasteiger partial charge in [0.2, 0.25) is 5.95 Å². The number of anilines is 1. The first kappa shape index (κ1) is 9.19. The predicted molar refractivity (Wildman–Crippen MR) is 58.5 cm³/mol. The predicted octanol–water partition coefficient (Wildman–Crippen LogP) is 1.81. The minimum atomic E-state index is 0.580. The van der Waals surface area contributed by atoms with Crippen molar-refractivity contribution in [3.05, 3.63) is 6.33 Å². The summed E-state index contributed by atoms with van der Waals surface area (Å²) < 4.78 is 1.80. The molecule has 1 N–H and O–H groups in total. The van der Waals surface area contributed by atoms with Crippen molar-refractivity contribution in [1.29, 1.82) is 0 Å². The van der Waals surface area contributed by atoms with Crippen molar-refractivity contribution < 1.29 is 0 Å². The minimum Gasteiger partial charge on any atom is -0.354 e. The van der Waals surface area contributed by atoms with Crippen molar-refractivity contribution in [1.82, 2.24) is 14.8 Å². The molecule has 1 aromatic rings. The van der Waals surface area contributed by atoms with E-state index in [4.69, 9.17) is 0 Å². The molecular formula is C11H18N4. The van der Waals surface area contributed by atoms with E-state index in [9.17, 15) is 0 Å². The van der Waals surface area contributed by atoms with E-state index in [-0.39, 0.29) is 0 Å². The van der Waals surface area contributed by atoms with Crippen molar-refractivity contribution in [3.8, 4) is 0 Å². The first-order chi connectivity index (χ1) is 7.27. The molecule has 3 rings (SSSR count). The zero-order valence-corrected chi connectivity index (χ0v) is 9.24. The molecule has 0 unspecified atom stereocenters. The highest BCUT2D eigenvalue weighted by Crippen LogP contribution is 2.53. The Morgan fingerprint density at radius 3 is 2.87 bits per heavy atom. The average molecular weight is 206 g/mol. The van der Waals surface area contributed by atoms with Crippen molar-refractivity contribution in [2.24, 2.45) is 18.4 Å². The summed E-state index contributed by atoms with van der Waals surface area (Å²) in [5.74, 6) is 1.92. The average Bonchev–Trinajstić information content (AvgIpc) is 2.90. The lowest BCUT2D eigenvalue weighted by Gasteiger charge is -2.26. The van der Waals surface area contributed by atoms with Gasteiger partial charge in [0.25, 0.3) is 0 Å². The van der Waals surface area contributed by atoms with E-state index in [0.717, 1.165) is 18.4 Å². The minimum absolute atomic E-state index is 0.580. The molecule has 0 spiro atoms. The Hall–Kier alpha value is -1.06. The second-order valence-corrected chi connectivity index (χ2v) is 5.21. The molecule has 0 radical (unpaired) electrons. The second kappa shape index (κ2) is 3.22. The Kier molecular flexibility index (Phi) is 1.97. The van der Waals surface area contributed by atoms with Gasteiger partial charge in [-0.05, 0) is 43.4 Å². The third-order valence-corrected chi connectivity index (χ3v) is 4.22. The normalized spacial score (nSPS) is 33.5. The highest BCUT2D eigenvalue weighted by molar-refractivity contribution is 5.23. The summed E-state index contributed by atoms with van der Waals surface area (Å²) >= 11 is 0. The van der Waals surface area contributed by atoms with Crippen molar-refractivity contribution in [3.63, 3.8) is 0 Å². The van der Waals surface area contributed by atoms with Crippen LogP contribution >= 0.6 is 0 Å². The third-order valence-electron chi connectivity index (χ3n) is 4.22. The van der Waals surface area contributed by atoms with Crippen LogP contribution in [0.5, 0.6) is 0 Å². The molecule has 0 atom stereocenters. The lowest BCUT2D eigenvalue weighted by atomic mass is 9.84. The largest absolute Gasteiger partial charge is 0.354 e. The van der Waals surface area contributed by atoms with Crippen molar-refractivity contribution >= 4 is 5.95 Å².